The Hall–Kier alpha value is -0.870. The van der Waals surface area contributed by atoms with E-state index in [1.165, 1.54) is 50.3 Å². The summed E-state index contributed by atoms with van der Waals surface area (Å²) in [5, 5.41) is 3.85. The summed E-state index contributed by atoms with van der Waals surface area (Å²) < 4.78 is 23.0. The molecule has 5 rings (SSSR count). The standard InChI is InChI=1S/C18H25NO2S/c1-22(20,21)17-4-2-13(3-5-17)12-19-18-9-14-6-15(10-18)8-16(7-14)11-18/h2-5,14-16,19H,6-12H2,1H3. The molecule has 0 spiro atoms. The van der Waals surface area contributed by atoms with Gasteiger partial charge >= 0.3 is 0 Å². The Balaban J connectivity index is 1.44. The number of hydrogen-bond acceptors (Lipinski definition) is 3. The van der Waals surface area contributed by atoms with Crippen molar-refractivity contribution in [2.45, 2.75) is 55.5 Å². The molecule has 22 heavy (non-hydrogen) atoms. The van der Waals surface area contributed by atoms with E-state index >= 15 is 0 Å². The minimum Gasteiger partial charge on any atom is -0.307 e. The van der Waals surface area contributed by atoms with Crippen LogP contribution in [0.15, 0.2) is 29.2 Å². The van der Waals surface area contributed by atoms with Crippen molar-refractivity contribution in [3.8, 4) is 0 Å². The summed E-state index contributed by atoms with van der Waals surface area (Å²) in [5.74, 6) is 2.85. The number of sulfone groups is 1. The van der Waals surface area contributed by atoms with Crippen LogP contribution in [0.2, 0.25) is 0 Å². The molecule has 4 fully saturated rings. The Bertz CT molecular complexity index is 628. The van der Waals surface area contributed by atoms with Gasteiger partial charge in [-0.1, -0.05) is 12.1 Å². The van der Waals surface area contributed by atoms with E-state index in [0.29, 0.717) is 10.4 Å². The van der Waals surface area contributed by atoms with Crippen LogP contribution in [0.4, 0.5) is 0 Å². The van der Waals surface area contributed by atoms with Crippen LogP contribution < -0.4 is 5.32 Å². The van der Waals surface area contributed by atoms with Crippen molar-refractivity contribution in [1.82, 2.24) is 5.32 Å². The van der Waals surface area contributed by atoms with E-state index in [4.69, 9.17) is 0 Å². The zero-order valence-electron chi connectivity index (χ0n) is 13.2. The molecule has 0 aromatic heterocycles. The lowest BCUT2D eigenvalue weighted by Crippen LogP contribution is -2.58. The van der Waals surface area contributed by atoms with E-state index in [2.05, 4.69) is 5.32 Å². The van der Waals surface area contributed by atoms with E-state index in [0.717, 1.165) is 24.3 Å². The van der Waals surface area contributed by atoms with Crippen LogP contribution in [0, 0.1) is 17.8 Å². The lowest BCUT2D eigenvalue weighted by atomic mass is 9.53. The lowest BCUT2D eigenvalue weighted by Gasteiger charge is -2.57. The van der Waals surface area contributed by atoms with Gasteiger partial charge in [-0.3, -0.25) is 0 Å². The van der Waals surface area contributed by atoms with Crippen molar-refractivity contribution < 1.29 is 8.42 Å². The van der Waals surface area contributed by atoms with Gasteiger partial charge < -0.3 is 5.32 Å². The molecule has 4 aliphatic carbocycles. The first-order valence-corrected chi connectivity index (χ1v) is 10.4. The predicted octanol–water partition coefficient (Wildman–Crippen LogP) is 3.15. The molecular weight excluding hydrogens is 294 g/mol. The summed E-state index contributed by atoms with van der Waals surface area (Å²) in [5.41, 5.74) is 1.55. The molecule has 0 atom stereocenters. The van der Waals surface area contributed by atoms with E-state index in [-0.39, 0.29) is 0 Å². The lowest BCUT2D eigenvalue weighted by molar-refractivity contribution is -0.0206. The monoisotopic (exact) mass is 319 g/mol. The highest BCUT2D eigenvalue weighted by Gasteiger charge is 2.50. The van der Waals surface area contributed by atoms with Crippen LogP contribution in [0.25, 0.3) is 0 Å². The van der Waals surface area contributed by atoms with Crippen LogP contribution in [0.1, 0.15) is 44.1 Å². The van der Waals surface area contributed by atoms with Crippen molar-refractivity contribution >= 4 is 9.84 Å². The number of hydrogen-bond donors (Lipinski definition) is 1. The highest BCUT2D eigenvalue weighted by molar-refractivity contribution is 7.90. The molecular formula is C18H25NO2S. The highest BCUT2D eigenvalue weighted by atomic mass is 32.2. The smallest absolute Gasteiger partial charge is 0.175 e. The van der Waals surface area contributed by atoms with Crippen molar-refractivity contribution in [2.24, 2.45) is 17.8 Å². The van der Waals surface area contributed by atoms with Crippen LogP contribution in [-0.2, 0) is 16.4 Å². The molecule has 1 aromatic carbocycles. The van der Waals surface area contributed by atoms with E-state index in [1.54, 1.807) is 12.1 Å². The van der Waals surface area contributed by atoms with E-state index in [9.17, 15) is 8.42 Å². The van der Waals surface area contributed by atoms with Crippen molar-refractivity contribution in [3.05, 3.63) is 29.8 Å². The Labute approximate surface area is 133 Å². The van der Waals surface area contributed by atoms with Crippen molar-refractivity contribution in [1.29, 1.82) is 0 Å². The maximum atomic E-state index is 11.5. The van der Waals surface area contributed by atoms with Gasteiger partial charge in [0.2, 0.25) is 0 Å². The van der Waals surface area contributed by atoms with Crippen LogP contribution >= 0.6 is 0 Å². The second-order valence-electron chi connectivity index (χ2n) is 7.97. The zero-order chi connectivity index (χ0) is 15.4. The van der Waals surface area contributed by atoms with Crippen LogP contribution in [0.5, 0.6) is 0 Å². The fraction of sp³-hybridized carbons (Fsp3) is 0.667. The first kappa shape index (κ1) is 14.7. The average Bonchev–Trinajstić information content (AvgIpc) is 2.43. The van der Waals surface area contributed by atoms with Crippen molar-refractivity contribution in [2.75, 3.05) is 6.26 Å². The molecule has 1 N–H and O–H groups in total. The third-order valence-corrected chi connectivity index (χ3v) is 7.19. The third-order valence-electron chi connectivity index (χ3n) is 6.06. The quantitative estimate of drug-likeness (QED) is 0.927. The normalized spacial score (nSPS) is 36.7. The second-order valence-corrected chi connectivity index (χ2v) is 9.98. The predicted molar refractivity (Wildman–Crippen MR) is 87.3 cm³/mol. The average molecular weight is 319 g/mol. The molecule has 0 saturated heterocycles. The van der Waals surface area contributed by atoms with E-state index in [1.807, 2.05) is 12.1 Å². The highest BCUT2D eigenvalue weighted by Crippen LogP contribution is 2.55. The molecule has 0 aliphatic heterocycles. The molecule has 0 amide bonds. The molecule has 0 radical (unpaired) electrons. The summed E-state index contributed by atoms with van der Waals surface area (Å²) in [6.45, 7) is 0.857. The fourth-order valence-corrected chi connectivity index (χ4v) is 6.10. The summed E-state index contributed by atoms with van der Waals surface area (Å²) in [4.78, 5) is 0.408. The largest absolute Gasteiger partial charge is 0.307 e. The summed E-state index contributed by atoms with van der Waals surface area (Å²) in [6, 6.07) is 7.35. The van der Waals surface area contributed by atoms with Crippen molar-refractivity contribution in [3.63, 3.8) is 0 Å². The van der Waals surface area contributed by atoms with Gasteiger partial charge in [0.1, 0.15) is 0 Å². The third kappa shape index (κ3) is 2.71. The van der Waals surface area contributed by atoms with Gasteiger partial charge in [-0.2, -0.15) is 0 Å². The number of rotatable bonds is 4. The van der Waals surface area contributed by atoms with Gasteiger partial charge in [0, 0.05) is 18.3 Å². The molecule has 3 nitrogen and oxygen atoms in total. The molecule has 4 saturated carbocycles. The van der Waals surface area contributed by atoms with Gasteiger partial charge in [-0.05, 0) is 74.0 Å². The Morgan fingerprint density at radius 3 is 1.95 bits per heavy atom. The topological polar surface area (TPSA) is 46.2 Å². The molecule has 0 unspecified atom stereocenters. The van der Waals surface area contributed by atoms with Gasteiger partial charge in [0.05, 0.1) is 4.90 Å². The second kappa shape index (κ2) is 5.07. The SMILES string of the molecule is CS(=O)(=O)c1ccc(CNC23CC4CC(CC(C4)C2)C3)cc1. The van der Waals surface area contributed by atoms with E-state index < -0.39 is 9.84 Å². The van der Waals surface area contributed by atoms with Gasteiger partial charge in [-0.15, -0.1) is 0 Å². The first-order chi connectivity index (χ1) is 10.4. The number of nitrogens with one attached hydrogen (secondary N) is 1. The molecule has 120 valence electrons. The Morgan fingerprint density at radius 1 is 1.00 bits per heavy atom. The first-order valence-electron chi connectivity index (χ1n) is 8.46. The molecule has 1 aromatic rings. The van der Waals surface area contributed by atoms with Gasteiger partial charge in [0.15, 0.2) is 9.84 Å². The van der Waals surface area contributed by atoms with Gasteiger partial charge in [-0.25, -0.2) is 8.42 Å². The fourth-order valence-electron chi connectivity index (χ4n) is 5.47. The Morgan fingerprint density at radius 2 is 1.50 bits per heavy atom. The molecule has 4 heteroatoms. The van der Waals surface area contributed by atoms with Crippen LogP contribution in [0.3, 0.4) is 0 Å². The maximum absolute atomic E-state index is 11.5. The number of benzene rings is 1. The minimum absolute atomic E-state index is 0.365. The zero-order valence-corrected chi connectivity index (χ0v) is 14.0. The van der Waals surface area contributed by atoms with Gasteiger partial charge in [0.25, 0.3) is 0 Å². The molecule has 4 aliphatic rings. The minimum atomic E-state index is -3.09. The summed E-state index contributed by atoms with van der Waals surface area (Å²) in [7, 11) is -3.09. The van der Waals surface area contributed by atoms with Crippen LogP contribution in [-0.4, -0.2) is 20.2 Å². The summed E-state index contributed by atoms with van der Waals surface area (Å²) in [6.07, 6.45) is 9.69. The molecule has 4 bridgehead atoms. The molecule has 0 heterocycles. The maximum Gasteiger partial charge on any atom is 0.175 e. The Kier molecular flexibility index (Phi) is 3.39. The summed E-state index contributed by atoms with van der Waals surface area (Å²) >= 11 is 0.